The van der Waals surface area contributed by atoms with Gasteiger partial charge in [0.2, 0.25) is 5.91 Å². The highest BCUT2D eigenvalue weighted by atomic mass is 19.1. The first-order chi connectivity index (χ1) is 12.6. The normalized spacial score (nSPS) is 18.8. The Bertz CT molecular complexity index is 804. The van der Waals surface area contributed by atoms with Gasteiger partial charge in [-0.15, -0.1) is 0 Å². The van der Waals surface area contributed by atoms with E-state index in [4.69, 9.17) is 4.74 Å². The highest BCUT2D eigenvalue weighted by Crippen LogP contribution is 2.24. The van der Waals surface area contributed by atoms with Crippen LogP contribution in [-0.2, 0) is 17.8 Å². The van der Waals surface area contributed by atoms with E-state index < -0.39 is 0 Å². The quantitative estimate of drug-likeness (QED) is 0.846. The molecule has 1 atom stereocenters. The fourth-order valence-corrected chi connectivity index (χ4v) is 3.68. The number of hydrogen-bond donors (Lipinski definition) is 0. The largest absolute Gasteiger partial charge is 0.484 e. The van der Waals surface area contributed by atoms with Crippen molar-refractivity contribution in [1.29, 1.82) is 0 Å². The van der Waals surface area contributed by atoms with E-state index >= 15 is 0 Å². The topological polar surface area (TPSA) is 32.8 Å². The molecule has 1 fully saturated rings. The van der Waals surface area contributed by atoms with Gasteiger partial charge >= 0.3 is 0 Å². The number of nitrogens with zero attached hydrogens (tertiary/aromatic N) is 2. The van der Waals surface area contributed by atoms with Gasteiger partial charge in [0.1, 0.15) is 6.10 Å². The number of halogens is 1. The maximum absolute atomic E-state index is 13.6. The van der Waals surface area contributed by atoms with Crippen LogP contribution in [0.4, 0.5) is 4.39 Å². The number of benzene rings is 2. The average molecular weight is 354 g/mol. The van der Waals surface area contributed by atoms with Gasteiger partial charge in [-0.3, -0.25) is 9.69 Å². The van der Waals surface area contributed by atoms with Crippen molar-refractivity contribution < 1.29 is 13.9 Å². The van der Waals surface area contributed by atoms with Crippen LogP contribution >= 0.6 is 0 Å². The molecule has 4 nitrogen and oxygen atoms in total. The number of para-hydroxylation sites is 1. The Hall–Kier alpha value is -2.40. The zero-order valence-electron chi connectivity index (χ0n) is 14.9. The number of fused-ring (bicyclic) bond motifs is 1. The summed E-state index contributed by atoms with van der Waals surface area (Å²) in [6.07, 6.45) is 0.845. The average Bonchev–Trinajstić information content (AvgIpc) is 2.64. The molecule has 5 heteroatoms. The summed E-state index contributed by atoms with van der Waals surface area (Å²) in [5, 5.41) is 0. The summed E-state index contributed by atoms with van der Waals surface area (Å²) in [6, 6.07) is 14.7. The smallest absolute Gasteiger partial charge is 0.239 e. The lowest BCUT2D eigenvalue weighted by atomic mass is 9.98. The third-order valence-corrected chi connectivity index (χ3v) is 5.36. The van der Waals surface area contributed by atoms with Crippen LogP contribution in [0.3, 0.4) is 0 Å². The van der Waals surface area contributed by atoms with Crippen molar-refractivity contribution in [3.8, 4) is 5.75 Å². The summed E-state index contributed by atoms with van der Waals surface area (Å²) in [4.78, 5) is 16.8. The Morgan fingerprint density at radius 1 is 1.12 bits per heavy atom. The Morgan fingerprint density at radius 3 is 2.58 bits per heavy atom. The van der Waals surface area contributed by atoms with Gasteiger partial charge in [0.05, 0.1) is 19.1 Å². The second-order valence-electron chi connectivity index (χ2n) is 7.08. The highest BCUT2D eigenvalue weighted by molar-refractivity contribution is 5.82. The molecule has 0 spiro atoms. The van der Waals surface area contributed by atoms with E-state index in [-0.39, 0.29) is 29.6 Å². The molecule has 0 radical (unpaired) electrons. The van der Waals surface area contributed by atoms with Gasteiger partial charge in [-0.2, -0.15) is 0 Å². The van der Waals surface area contributed by atoms with Gasteiger partial charge in [-0.1, -0.05) is 36.4 Å². The van der Waals surface area contributed by atoms with Gasteiger partial charge in [0.15, 0.2) is 11.6 Å². The lowest BCUT2D eigenvalue weighted by Crippen LogP contribution is -2.60. The van der Waals surface area contributed by atoms with Crippen LogP contribution in [0.5, 0.6) is 5.75 Å². The number of ether oxygens (including phenoxy) is 1. The number of likely N-dealkylation sites (tertiary alicyclic amines) is 1. The van der Waals surface area contributed by atoms with Crippen molar-refractivity contribution in [2.75, 3.05) is 19.6 Å². The molecule has 1 unspecified atom stereocenters. The van der Waals surface area contributed by atoms with E-state index in [9.17, 15) is 9.18 Å². The molecule has 4 rings (SSSR count). The maximum Gasteiger partial charge on any atom is 0.239 e. The van der Waals surface area contributed by atoms with Crippen LogP contribution in [0, 0.1) is 5.82 Å². The Labute approximate surface area is 153 Å². The van der Waals surface area contributed by atoms with E-state index in [1.165, 1.54) is 17.2 Å². The minimum atomic E-state index is -0.363. The third-order valence-electron chi connectivity index (χ3n) is 5.36. The number of rotatable bonds is 4. The Kier molecular flexibility index (Phi) is 4.64. The molecule has 2 aliphatic heterocycles. The first kappa shape index (κ1) is 17.0. The predicted octanol–water partition coefficient (Wildman–Crippen LogP) is 2.86. The summed E-state index contributed by atoms with van der Waals surface area (Å²) in [7, 11) is 0. The molecular weight excluding hydrogens is 331 g/mol. The van der Waals surface area contributed by atoms with Gasteiger partial charge in [0, 0.05) is 13.1 Å². The van der Waals surface area contributed by atoms with E-state index in [1.807, 2.05) is 6.92 Å². The molecule has 0 bridgehead atoms. The molecule has 2 aromatic rings. The minimum absolute atomic E-state index is 0.123. The molecular formula is C21H23FN2O2. The van der Waals surface area contributed by atoms with E-state index in [0.29, 0.717) is 13.1 Å². The number of carbonyl (C=O) groups is 1. The minimum Gasteiger partial charge on any atom is -0.484 e. The van der Waals surface area contributed by atoms with Crippen LogP contribution < -0.4 is 4.74 Å². The molecule has 2 aromatic carbocycles. The fraction of sp³-hybridized carbons (Fsp3) is 0.381. The molecule has 136 valence electrons. The monoisotopic (exact) mass is 354 g/mol. The maximum atomic E-state index is 13.6. The summed E-state index contributed by atoms with van der Waals surface area (Å²) in [5.74, 6) is 0.0145. The van der Waals surface area contributed by atoms with Crippen LogP contribution in [0.2, 0.25) is 0 Å². The first-order valence-electron chi connectivity index (χ1n) is 9.12. The van der Waals surface area contributed by atoms with Crippen molar-refractivity contribution in [1.82, 2.24) is 9.80 Å². The van der Waals surface area contributed by atoms with E-state index in [2.05, 4.69) is 29.2 Å². The van der Waals surface area contributed by atoms with Gasteiger partial charge < -0.3 is 9.64 Å². The van der Waals surface area contributed by atoms with Crippen molar-refractivity contribution in [3.63, 3.8) is 0 Å². The second-order valence-corrected chi connectivity index (χ2v) is 7.08. The molecule has 0 aromatic heterocycles. The van der Waals surface area contributed by atoms with Crippen LogP contribution in [0.1, 0.15) is 18.1 Å². The Balaban J connectivity index is 1.31. The van der Waals surface area contributed by atoms with Crippen molar-refractivity contribution in [2.45, 2.75) is 32.0 Å². The number of hydrogen-bond acceptors (Lipinski definition) is 3. The summed E-state index contributed by atoms with van der Waals surface area (Å²) < 4.78 is 19.3. The van der Waals surface area contributed by atoms with Gasteiger partial charge in [-0.25, -0.2) is 4.39 Å². The molecule has 0 N–H and O–H groups in total. The van der Waals surface area contributed by atoms with Crippen molar-refractivity contribution in [3.05, 3.63) is 65.5 Å². The van der Waals surface area contributed by atoms with E-state index in [1.54, 1.807) is 23.1 Å². The molecule has 1 saturated heterocycles. The zero-order chi connectivity index (χ0) is 18.1. The van der Waals surface area contributed by atoms with Crippen molar-refractivity contribution >= 4 is 5.91 Å². The lowest BCUT2D eigenvalue weighted by Gasteiger charge is -2.42. The molecule has 2 heterocycles. The highest BCUT2D eigenvalue weighted by Gasteiger charge is 2.37. The second kappa shape index (κ2) is 7.08. The van der Waals surface area contributed by atoms with Crippen LogP contribution in [-0.4, -0.2) is 47.5 Å². The van der Waals surface area contributed by atoms with Gasteiger partial charge in [-0.05, 0) is 36.6 Å². The van der Waals surface area contributed by atoms with Crippen molar-refractivity contribution in [2.24, 2.45) is 0 Å². The van der Waals surface area contributed by atoms with Crippen LogP contribution in [0.25, 0.3) is 0 Å². The number of carbonyl (C=O) groups excluding carboxylic acids is 1. The summed E-state index contributed by atoms with van der Waals surface area (Å²) >= 11 is 0. The predicted molar refractivity (Wildman–Crippen MR) is 97.4 cm³/mol. The Morgan fingerprint density at radius 2 is 1.81 bits per heavy atom. The summed E-state index contributed by atoms with van der Waals surface area (Å²) in [6.45, 7) is 4.71. The first-order valence-corrected chi connectivity index (χ1v) is 9.12. The summed E-state index contributed by atoms with van der Waals surface area (Å²) in [5.41, 5.74) is 2.69. The number of amides is 1. The van der Waals surface area contributed by atoms with Crippen LogP contribution in [0.15, 0.2) is 48.5 Å². The fourth-order valence-electron chi connectivity index (χ4n) is 3.68. The molecule has 0 aliphatic carbocycles. The lowest BCUT2D eigenvalue weighted by molar-refractivity contribution is -0.145. The van der Waals surface area contributed by atoms with Gasteiger partial charge in [0.25, 0.3) is 0 Å². The van der Waals surface area contributed by atoms with E-state index in [0.717, 1.165) is 19.5 Å². The third kappa shape index (κ3) is 3.31. The molecule has 1 amide bonds. The zero-order valence-corrected chi connectivity index (χ0v) is 14.9. The molecule has 0 saturated carbocycles. The molecule has 2 aliphatic rings. The standard InChI is InChI=1S/C21H23FN2O2/c1-15(23-11-10-16-6-2-3-7-17(16)12-23)21(25)24-13-18(14-24)26-20-9-5-4-8-19(20)22/h2-9,15,18H,10-14H2,1H3. The SMILES string of the molecule is CC(C(=O)N1CC(Oc2ccccc2F)C1)N1CCc2ccccc2C1. The molecule has 26 heavy (non-hydrogen) atoms.